The van der Waals surface area contributed by atoms with Gasteiger partial charge in [-0.1, -0.05) is 13.0 Å². The van der Waals surface area contributed by atoms with Crippen molar-refractivity contribution in [2.24, 2.45) is 0 Å². The Morgan fingerprint density at radius 3 is 2.02 bits per heavy atom. The Hall–Kier alpha value is -4.88. The fourth-order valence-electron chi connectivity index (χ4n) is 3.82. The minimum Gasteiger partial charge on any atom is -0.444 e. The van der Waals surface area contributed by atoms with Crippen molar-refractivity contribution in [1.82, 2.24) is 20.6 Å². The fourth-order valence-corrected chi connectivity index (χ4v) is 3.82. The summed E-state index contributed by atoms with van der Waals surface area (Å²) in [5.41, 5.74) is -2.35. The van der Waals surface area contributed by atoms with E-state index in [9.17, 15) is 28.0 Å². The van der Waals surface area contributed by atoms with E-state index < -0.39 is 58.4 Å². The highest BCUT2D eigenvalue weighted by molar-refractivity contribution is 5.78. The Morgan fingerprint density at radius 2 is 1.42 bits per heavy atom. The summed E-state index contributed by atoms with van der Waals surface area (Å²) in [6.45, 7) is 13.8. The molecule has 0 spiro atoms. The number of alkyl carbamates (subject to hydrolysis) is 2. The van der Waals surface area contributed by atoms with E-state index >= 15 is 0 Å². The smallest absolute Gasteiger partial charge is 0.408 e. The summed E-state index contributed by atoms with van der Waals surface area (Å²) in [5, 5.41) is 4.97. The second-order valence-corrected chi connectivity index (χ2v) is 11.9. The first kappa shape index (κ1) is 34.6. The van der Waals surface area contributed by atoms with Gasteiger partial charge in [-0.15, -0.1) is 0 Å². The Kier molecular flexibility index (Phi) is 10.6. The number of rotatable bonds is 5. The number of fused-ring (bicyclic) bond motifs is 2. The van der Waals surface area contributed by atoms with Crippen molar-refractivity contribution in [3.05, 3.63) is 80.7 Å². The molecule has 0 saturated heterocycles. The van der Waals surface area contributed by atoms with E-state index in [2.05, 4.69) is 20.6 Å². The maximum Gasteiger partial charge on any atom is 0.408 e. The molecular formula is C31H36F2N4O8. The van der Waals surface area contributed by atoms with Crippen molar-refractivity contribution in [2.45, 2.75) is 85.1 Å². The highest BCUT2D eigenvalue weighted by Crippen LogP contribution is 2.19. The monoisotopic (exact) mass is 630 g/mol. The molecule has 0 aliphatic heterocycles. The van der Waals surface area contributed by atoms with Crippen molar-refractivity contribution in [3.8, 4) is 0 Å². The van der Waals surface area contributed by atoms with Crippen molar-refractivity contribution < 1.29 is 36.7 Å². The molecule has 2 heterocycles. The summed E-state index contributed by atoms with van der Waals surface area (Å²) in [4.78, 5) is 55.6. The average Bonchev–Trinajstić information content (AvgIpc) is 2.90. The van der Waals surface area contributed by atoms with E-state index in [1.807, 2.05) is 0 Å². The summed E-state index contributed by atoms with van der Waals surface area (Å²) < 4.78 is 47.2. The molecule has 2 amide bonds. The molecule has 14 heteroatoms. The van der Waals surface area contributed by atoms with E-state index in [1.165, 1.54) is 24.3 Å². The molecule has 2 aromatic carbocycles. The van der Waals surface area contributed by atoms with E-state index in [-0.39, 0.29) is 28.1 Å². The third-order valence-electron chi connectivity index (χ3n) is 5.73. The number of halogens is 2. The molecule has 242 valence electrons. The second-order valence-electron chi connectivity index (χ2n) is 11.9. The van der Waals surface area contributed by atoms with Crippen LogP contribution in [-0.2, 0) is 9.47 Å². The predicted molar refractivity (Wildman–Crippen MR) is 161 cm³/mol. The zero-order chi connectivity index (χ0) is 33.7. The predicted octanol–water partition coefficient (Wildman–Crippen LogP) is 6.22. The maximum atomic E-state index is 13.7. The van der Waals surface area contributed by atoms with Gasteiger partial charge >= 0.3 is 23.4 Å². The lowest BCUT2D eigenvalue weighted by Gasteiger charge is -2.22. The van der Waals surface area contributed by atoms with Crippen LogP contribution in [0.3, 0.4) is 0 Å². The van der Waals surface area contributed by atoms with Gasteiger partial charge in [0.05, 0.1) is 16.4 Å². The minimum atomic E-state index is -0.826. The molecule has 0 saturated carbocycles. The molecule has 0 aliphatic carbocycles. The fraction of sp³-hybridized carbons (Fsp3) is 0.419. The van der Waals surface area contributed by atoms with Crippen LogP contribution in [0.2, 0.25) is 0 Å². The van der Waals surface area contributed by atoms with Gasteiger partial charge in [-0.25, -0.2) is 37.9 Å². The third kappa shape index (κ3) is 9.81. The molecule has 0 radical (unpaired) electrons. The number of amides is 2. The number of carbonyl (C=O) groups excluding carboxylic acids is 2. The van der Waals surface area contributed by atoms with E-state index in [0.29, 0.717) is 11.9 Å². The number of aromatic nitrogens is 2. The SMILES string of the molecule is CC[C@H](NC(=O)OC(C)(C)C)c1nc2cccc(F)c2c(=O)o1.C[C@H](NC(=O)OC(C)(C)C)c1nc2ccc(F)cc2c(=O)o1. The van der Waals surface area contributed by atoms with Gasteiger partial charge in [0.15, 0.2) is 0 Å². The molecule has 2 N–H and O–H groups in total. The highest BCUT2D eigenvalue weighted by atomic mass is 19.1. The van der Waals surface area contributed by atoms with Crippen molar-refractivity contribution in [3.63, 3.8) is 0 Å². The molecule has 45 heavy (non-hydrogen) atoms. The summed E-state index contributed by atoms with van der Waals surface area (Å²) in [6, 6.07) is 6.45. The Balaban J connectivity index is 0.000000246. The van der Waals surface area contributed by atoms with Gasteiger partial charge in [-0.2, -0.15) is 0 Å². The van der Waals surface area contributed by atoms with Gasteiger partial charge in [0, 0.05) is 0 Å². The van der Waals surface area contributed by atoms with Gasteiger partial charge in [0.2, 0.25) is 11.8 Å². The first-order valence-corrected chi connectivity index (χ1v) is 14.1. The molecule has 0 unspecified atom stereocenters. The van der Waals surface area contributed by atoms with Crippen LogP contribution in [0.15, 0.2) is 54.8 Å². The third-order valence-corrected chi connectivity index (χ3v) is 5.73. The topological polar surface area (TPSA) is 163 Å². The molecule has 2 aromatic heterocycles. The first-order valence-electron chi connectivity index (χ1n) is 14.1. The van der Waals surface area contributed by atoms with Crippen LogP contribution >= 0.6 is 0 Å². The lowest BCUT2D eigenvalue weighted by Crippen LogP contribution is -2.35. The molecule has 4 aromatic rings. The van der Waals surface area contributed by atoms with Crippen LogP contribution < -0.4 is 21.9 Å². The quantitative estimate of drug-likeness (QED) is 0.259. The number of carbonyl (C=O) groups is 2. The van der Waals surface area contributed by atoms with Gasteiger partial charge in [-0.3, -0.25) is 0 Å². The Labute approximate surface area is 257 Å². The van der Waals surface area contributed by atoms with Crippen molar-refractivity contribution in [2.75, 3.05) is 0 Å². The lowest BCUT2D eigenvalue weighted by atomic mass is 10.2. The molecule has 0 bridgehead atoms. The maximum absolute atomic E-state index is 13.7. The van der Waals surface area contributed by atoms with Crippen LogP contribution in [0, 0.1) is 11.6 Å². The Bertz CT molecular complexity index is 1810. The molecule has 0 fully saturated rings. The number of hydrogen-bond donors (Lipinski definition) is 2. The number of hydrogen-bond acceptors (Lipinski definition) is 10. The zero-order valence-corrected chi connectivity index (χ0v) is 26.2. The summed E-state index contributed by atoms with van der Waals surface area (Å²) >= 11 is 0. The average molecular weight is 631 g/mol. The van der Waals surface area contributed by atoms with Crippen LogP contribution in [0.25, 0.3) is 21.8 Å². The van der Waals surface area contributed by atoms with Gasteiger partial charge < -0.3 is 28.9 Å². The molecule has 4 rings (SSSR count). The second kappa shape index (κ2) is 13.8. The lowest BCUT2D eigenvalue weighted by molar-refractivity contribution is 0.0484. The minimum absolute atomic E-state index is 0.0152. The van der Waals surface area contributed by atoms with Gasteiger partial charge in [0.1, 0.15) is 40.3 Å². The van der Waals surface area contributed by atoms with Gasteiger partial charge in [-0.05, 0) is 85.2 Å². The van der Waals surface area contributed by atoms with E-state index in [0.717, 1.165) is 12.1 Å². The zero-order valence-electron chi connectivity index (χ0n) is 26.2. The first-order chi connectivity index (χ1) is 20.9. The van der Waals surface area contributed by atoms with E-state index in [1.54, 1.807) is 55.4 Å². The van der Waals surface area contributed by atoms with Gasteiger partial charge in [0.25, 0.3) is 0 Å². The summed E-state index contributed by atoms with van der Waals surface area (Å²) in [5.74, 6) is -1.20. The normalized spacial score (nSPS) is 12.9. The van der Waals surface area contributed by atoms with Crippen LogP contribution in [0.5, 0.6) is 0 Å². The number of benzene rings is 2. The Morgan fingerprint density at radius 1 is 0.844 bits per heavy atom. The molecule has 2 atom stereocenters. The number of ether oxygens (including phenoxy) is 2. The van der Waals surface area contributed by atoms with Crippen molar-refractivity contribution in [1.29, 1.82) is 0 Å². The summed E-state index contributed by atoms with van der Waals surface area (Å²) in [6.07, 6.45) is -0.868. The molecule has 0 aliphatic rings. The number of nitrogens with zero attached hydrogens (tertiary/aromatic N) is 2. The number of nitrogens with one attached hydrogen (secondary N) is 2. The molecule has 12 nitrogen and oxygen atoms in total. The largest absolute Gasteiger partial charge is 0.444 e. The van der Waals surface area contributed by atoms with Crippen molar-refractivity contribution >= 4 is 34.0 Å². The highest BCUT2D eigenvalue weighted by Gasteiger charge is 2.24. The molecular weight excluding hydrogens is 594 g/mol. The van der Waals surface area contributed by atoms with Crippen LogP contribution in [0.4, 0.5) is 18.4 Å². The summed E-state index contributed by atoms with van der Waals surface area (Å²) in [7, 11) is 0. The van der Waals surface area contributed by atoms with Crippen LogP contribution in [0.1, 0.15) is 85.7 Å². The van der Waals surface area contributed by atoms with Crippen LogP contribution in [-0.4, -0.2) is 33.4 Å². The standard InChI is InChI=1S/C16H19FN2O4.C15H17FN2O4/c1-5-10(19-15(21)23-16(2,3)4)13-18-11-8-6-7-9(17)12(11)14(20)22-13;1-8(17-14(20)22-15(2,3)4)12-18-11-6-5-9(16)7-10(11)13(19)21-12/h6-8,10H,5H2,1-4H3,(H,19,21);5-8H,1-4H3,(H,17,20)/t10-;8-/m00/s1. The van der Waals surface area contributed by atoms with E-state index in [4.69, 9.17) is 18.3 Å².